The fourth-order valence-corrected chi connectivity index (χ4v) is 7.88. The molecule has 344 valence electrons. The van der Waals surface area contributed by atoms with Gasteiger partial charge in [0.05, 0.1) is 13.1 Å². The second-order valence-corrected chi connectivity index (χ2v) is 17.0. The molecule has 18 heteroatoms. The number of unbranched alkanes of at least 4 members (excludes halogenated alkanes) is 1. The molecule has 0 bridgehead atoms. The normalized spacial score (nSPS) is 16.2. The molecular weight excluding hydrogens is 813 g/mol. The first-order chi connectivity index (χ1) is 30.0. The van der Waals surface area contributed by atoms with Gasteiger partial charge in [0.25, 0.3) is 0 Å². The quantitative estimate of drug-likeness (QED) is 0.0748. The average molecular weight is 877 g/mol. The average Bonchev–Trinajstić information content (AvgIpc) is 3.86. The van der Waals surface area contributed by atoms with Crippen LogP contribution in [-0.2, 0) is 38.3 Å². The molecule has 0 saturated carbocycles. The lowest BCUT2D eigenvalue weighted by Gasteiger charge is -2.26. The van der Waals surface area contributed by atoms with Crippen LogP contribution < -0.4 is 37.6 Å². The number of nitrogens with two attached hydrogens (primary N) is 1. The molecule has 0 aromatic heterocycles. The number of ether oxygens (including phenoxy) is 1. The number of carboxylic acid groups (broad SMARTS) is 1. The number of likely N-dealkylation sites (tertiary alicyclic amines) is 1. The number of aliphatic carboxylic acids is 1. The number of rotatable bonds is 23. The molecule has 5 atom stereocenters. The number of nitrogens with one attached hydrogen (secondary N) is 6. The number of benzene rings is 2. The molecular formula is C45H64N8O10. The highest BCUT2D eigenvalue weighted by atomic mass is 16.5. The standard InChI is InChI=1S/C45H64N8O10/c1-26(2)21-35(52-45(62)63-25-33-31-15-8-6-13-29(31)30-14-7-9-16-32(30)33)41(57)47-23-38(54)50-36(22-27(3)4)42(58)49-28(5)40(56)48-24-39(55)53-20-12-18-37(53)43(59)51-34(44(60)61)17-10-11-19-46/h6-9,13-16,26-28,33-37H,10-12,17-25,46H2,1-5H3,(H,47,57)(H,48,56)(H,49,58)(H,50,54)(H,51,59)(H,52,62)(H,60,61)/t28-,34-,35-,36-,37-/m0/s1. The SMILES string of the molecule is CC(C)C[C@H](NC(=O)CNC(=O)[C@H](CC(C)C)NC(=O)OCC1c2ccccc2-c2ccccc21)C(=O)N[C@@H](C)C(=O)NCC(=O)N1CCC[C@H]1C(=O)N[C@@H](CCCCN)C(=O)O. The van der Waals surface area contributed by atoms with Crippen LogP contribution in [0.5, 0.6) is 0 Å². The van der Waals surface area contributed by atoms with Crippen molar-refractivity contribution < 1.29 is 48.2 Å². The third-order valence-corrected chi connectivity index (χ3v) is 11.0. The molecule has 7 amide bonds. The predicted molar refractivity (Wildman–Crippen MR) is 234 cm³/mol. The minimum atomic E-state index is -1.19. The van der Waals surface area contributed by atoms with Crippen molar-refractivity contribution in [3.8, 4) is 11.1 Å². The van der Waals surface area contributed by atoms with Crippen LogP contribution in [0, 0.1) is 11.8 Å². The summed E-state index contributed by atoms with van der Waals surface area (Å²) < 4.78 is 5.65. The molecule has 2 aliphatic rings. The summed E-state index contributed by atoms with van der Waals surface area (Å²) in [5.41, 5.74) is 9.74. The van der Waals surface area contributed by atoms with E-state index >= 15 is 0 Å². The van der Waals surface area contributed by atoms with E-state index in [0.29, 0.717) is 32.2 Å². The van der Waals surface area contributed by atoms with Crippen molar-refractivity contribution in [2.75, 3.05) is 32.8 Å². The van der Waals surface area contributed by atoms with Crippen LogP contribution in [0.3, 0.4) is 0 Å². The third kappa shape index (κ3) is 14.5. The fourth-order valence-electron chi connectivity index (χ4n) is 7.88. The molecule has 18 nitrogen and oxygen atoms in total. The van der Waals surface area contributed by atoms with Crippen LogP contribution >= 0.6 is 0 Å². The summed E-state index contributed by atoms with van der Waals surface area (Å²) in [6, 6.07) is 10.6. The van der Waals surface area contributed by atoms with Gasteiger partial charge in [-0.15, -0.1) is 0 Å². The Balaban J connectivity index is 1.25. The highest BCUT2D eigenvalue weighted by molar-refractivity contribution is 5.96. The molecule has 1 aliphatic carbocycles. The highest BCUT2D eigenvalue weighted by Crippen LogP contribution is 2.44. The summed E-state index contributed by atoms with van der Waals surface area (Å²) in [4.78, 5) is 105. The summed E-state index contributed by atoms with van der Waals surface area (Å²) in [7, 11) is 0. The van der Waals surface area contributed by atoms with Gasteiger partial charge in [-0.25, -0.2) is 9.59 Å². The van der Waals surface area contributed by atoms with E-state index in [9.17, 15) is 43.5 Å². The van der Waals surface area contributed by atoms with Crippen LogP contribution in [0.25, 0.3) is 11.1 Å². The Morgan fingerprint density at radius 2 is 1.32 bits per heavy atom. The van der Waals surface area contributed by atoms with Crippen molar-refractivity contribution in [2.45, 2.75) is 116 Å². The van der Waals surface area contributed by atoms with Crippen molar-refractivity contribution in [1.29, 1.82) is 0 Å². The monoisotopic (exact) mass is 876 g/mol. The van der Waals surface area contributed by atoms with Crippen molar-refractivity contribution in [3.63, 3.8) is 0 Å². The Morgan fingerprint density at radius 3 is 1.90 bits per heavy atom. The maximum absolute atomic E-state index is 13.4. The Kier molecular flexibility index (Phi) is 18.9. The number of amides is 7. The first kappa shape index (κ1) is 49.6. The molecule has 1 aliphatic heterocycles. The maximum atomic E-state index is 13.4. The Bertz CT molecular complexity index is 1910. The largest absolute Gasteiger partial charge is 0.480 e. The van der Waals surface area contributed by atoms with E-state index in [4.69, 9.17) is 10.5 Å². The molecule has 9 N–H and O–H groups in total. The zero-order valence-corrected chi connectivity index (χ0v) is 36.9. The van der Waals surface area contributed by atoms with Gasteiger partial charge >= 0.3 is 12.1 Å². The van der Waals surface area contributed by atoms with E-state index in [-0.39, 0.29) is 50.2 Å². The summed E-state index contributed by atoms with van der Waals surface area (Å²) in [5.74, 6) is -5.20. The molecule has 2 aromatic carbocycles. The topological polar surface area (TPSA) is 267 Å². The van der Waals surface area contributed by atoms with Gasteiger partial charge in [0, 0.05) is 12.5 Å². The number of alkyl carbamates (subject to hydrolysis) is 1. The molecule has 2 aromatic rings. The summed E-state index contributed by atoms with van der Waals surface area (Å²) >= 11 is 0. The number of carbonyl (C=O) groups excluding carboxylic acids is 7. The number of hydrogen-bond donors (Lipinski definition) is 8. The molecule has 1 heterocycles. The van der Waals surface area contributed by atoms with Crippen molar-refractivity contribution in [2.24, 2.45) is 17.6 Å². The number of fused-ring (bicyclic) bond motifs is 3. The highest BCUT2D eigenvalue weighted by Gasteiger charge is 2.36. The molecule has 0 radical (unpaired) electrons. The minimum absolute atomic E-state index is 0.00111. The van der Waals surface area contributed by atoms with Crippen molar-refractivity contribution >= 4 is 47.5 Å². The van der Waals surface area contributed by atoms with Crippen LogP contribution in [0.1, 0.15) is 96.6 Å². The van der Waals surface area contributed by atoms with Crippen LogP contribution in [0.15, 0.2) is 48.5 Å². The van der Waals surface area contributed by atoms with E-state index in [1.165, 1.54) is 11.8 Å². The van der Waals surface area contributed by atoms with Gasteiger partial charge < -0.3 is 52.4 Å². The van der Waals surface area contributed by atoms with Crippen LogP contribution in [0.4, 0.5) is 4.79 Å². The Labute approximate surface area is 368 Å². The van der Waals surface area contributed by atoms with Gasteiger partial charge in [0.2, 0.25) is 35.4 Å². The van der Waals surface area contributed by atoms with E-state index in [1.54, 1.807) is 0 Å². The molecule has 1 saturated heterocycles. The van der Waals surface area contributed by atoms with Crippen LogP contribution in [-0.4, -0.2) is 121 Å². The zero-order chi connectivity index (χ0) is 46.2. The minimum Gasteiger partial charge on any atom is -0.480 e. The molecule has 0 unspecified atom stereocenters. The summed E-state index contributed by atoms with van der Waals surface area (Å²) in [5, 5.41) is 24.9. The molecule has 1 fully saturated rings. The molecule has 4 rings (SSSR count). The number of carbonyl (C=O) groups is 8. The van der Waals surface area contributed by atoms with Crippen molar-refractivity contribution in [1.82, 2.24) is 36.8 Å². The van der Waals surface area contributed by atoms with E-state index in [1.807, 2.05) is 76.2 Å². The first-order valence-electron chi connectivity index (χ1n) is 21.8. The van der Waals surface area contributed by atoms with Gasteiger partial charge in [-0.3, -0.25) is 28.8 Å². The van der Waals surface area contributed by atoms with Gasteiger partial charge in [-0.1, -0.05) is 76.2 Å². The van der Waals surface area contributed by atoms with Gasteiger partial charge in [-0.2, -0.15) is 0 Å². The predicted octanol–water partition coefficient (Wildman–Crippen LogP) is 1.90. The van der Waals surface area contributed by atoms with Crippen molar-refractivity contribution in [3.05, 3.63) is 59.7 Å². The molecule has 0 spiro atoms. The lowest BCUT2D eigenvalue weighted by molar-refractivity contribution is -0.144. The Morgan fingerprint density at radius 1 is 0.730 bits per heavy atom. The van der Waals surface area contributed by atoms with E-state index in [2.05, 4.69) is 31.9 Å². The second kappa shape index (κ2) is 24.0. The first-order valence-corrected chi connectivity index (χ1v) is 21.8. The van der Waals surface area contributed by atoms with E-state index < -0.39 is 90.8 Å². The number of hydrogen-bond acceptors (Lipinski definition) is 10. The van der Waals surface area contributed by atoms with Gasteiger partial charge in [0.1, 0.15) is 36.8 Å². The maximum Gasteiger partial charge on any atom is 0.407 e. The third-order valence-electron chi connectivity index (χ3n) is 11.0. The smallest absolute Gasteiger partial charge is 0.407 e. The number of nitrogens with zero attached hydrogens (tertiary/aromatic N) is 1. The van der Waals surface area contributed by atoms with Gasteiger partial charge in [0.15, 0.2) is 0 Å². The Hall–Kier alpha value is -6.04. The molecule has 63 heavy (non-hydrogen) atoms. The van der Waals surface area contributed by atoms with Crippen LogP contribution in [0.2, 0.25) is 0 Å². The lowest BCUT2D eigenvalue weighted by Crippen LogP contribution is -2.56. The van der Waals surface area contributed by atoms with E-state index in [0.717, 1.165) is 22.3 Å². The zero-order valence-electron chi connectivity index (χ0n) is 36.9. The lowest BCUT2D eigenvalue weighted by atomic mass is 9.98. The van der Waals surface area contributed by atoms with Gasteiger partial charge in [-0.05, 0) is 92.5 Å². The number of carboxylic acids is 1. The summed E-state index contributed by atoms with van der Waals surface area (Å²) in [6.45, 7) is 8.60. The fraction of sp³-hybridized carbons (Fsp3) is 0.556. The second-order valence-electron chi connectivity index (χ2n) is 17.0. The summed E-state index contributed by atoms with van der Waals surface area (Å²) in [6.07, 6.45) is 1.84.